The summed E-state index contributed by atoms with van der Waals surface area (Å²) in [5, 5.41) is 1.08. The summed E-state index contributed by atoms with van der Waals surface area (Å²) >= 11 is 0. The molecule has 0 radical (unpaired) electrons. The van der Waals surface area contributed by atoms with Gasteiger partial charge in [0.2, 0.25) is 5.91 Å². The Kier molecular flexibility index (Phi) is 3.65. The van der Waals surface area contributed by atoms with Crippen LogP contribution in [-0.4, -0.2) is 53.9 Å². The molecule has 0 saturated carbocycles. The molecule has 1 amide bonds. The van der Waals surface area contributed by atoms with Crippen LogP contribution >= 0.6 is 0 Å². The van der Waals surface area contributed by atoms with Gasteiger partial charge in [0.25, 0.3) is 0 Å². The molecule has 1 aliphatic heterocycles. The molecule has 1 saturated heterocycles. The number of piperazine rings is 1. The maximum atomic E-state index is 12.4. The molecule has 1 fully saturated rings. The average molecular weight is 269 g/mol. The maximum Gasteiger partial charge on any atom is 0.227 e. The first-order valence-electron chi connectivity index (χ1n) is 7.03. The van der Waals surface area contributed by atoms with E-state index in [1.807, 2.05) is 35.2 Å². The Labute approximate surface area is 119 Å². The second-order valence-electron chi connectivity index (χ2n) is 5.35. The molecule has 4 heteroatoms. The lowest BCUT2D eigenvalue weighted by Crippen LogP contribution is -2.47. The summed E-state index contributed by atoms with van der Waals surface area (Å²) in [4.78, 5) is 21.0. The molecule has 0 N–H and O–H groups in total. The van der Waals surface area contributed by atoms with Crippen molar-refractivity contribution < 1.29 is 4.79 Å². The third-order valence-corrected chi connectivity index (χ3v) is 3.93. The molecule has 20 heavy (non-hydrogen) atoms. The third kappa shape index (κ3) is 2.65. The predicted octanol–water partition coefficient (Wildman–Crippen LogP) is 1.55. The number of fused-ring (bicyclic) bond motifs is 1. The Morgan fingerprint density at radius 2 is 1.95 bits per heavy atom. The van der Waals surface area contributed by atoms with Gasteiger partial charge in [0, 0.05) is 37.8 Å². The van der Waals surface area contributed by atoms with E-state index >= 15 is 0 Å². The molecule has 0 atom stereocenters. The zero-order valence-corrected chi connectivity index (χ0v) is 11.7. The quantitative estimate of drug-likeness (QED) is 0.830. The highest BCUT2D eigenvalue weighted by Gasteiger charge is 2.19. The van der Waals surface area contributed by atoms with Crippen LogP contribution in [0.25, 0.3) is 10.9 Å². The molecule has 0 unspecified atom stereocenters. The number of amides is 1. The second-order valence-corrected chi connectivity index (χ2v) is 5.35. The van der Waals surface area contributed by atoms with E-state index in [-0.39, 0.29) is 5.91 Å². The van der Waals surface area contributed by atoms with Crippen LogP contribution in [0, 0.1) is 0 Å². The molecule has 1 aromatic carbocycles. The lowest BCUT2D eigenvalue weighted by Gasteiger charge is -2.32. The monoisotopic (exact) mass is 269 g/mol. The highest BCUT2D eigenvalue weighted by atomic mass is 16.2. The van der Waals surface area contributed by atoms with Gasteiger partial charge in [-0.1, -0.05) is 18.2 Å². The highest BCUT2D eigenvalue weighted by molar-refractivity contribution is 5.88. The van der Waals surface area contributed by atoms with E-state index in [1.54, 1.807) is 6.20 Å². The smallest absolute Gasteiger partial charge is 0.227 e. The van der Waals surface area contributed by atoms with Crippen molar-refractivity contribution in [1.29, 1.82) is 0 Å². The van der Waals surface area contributed by atoms with E-state index in [9.17, 15) is 4.79 Å². The fourth-order valence-electron chi connectivity index (χ4n) is 2.65. The van der Waals surface area contributed by atoms with Gasteiger partial charge in [-0.2, -0.15) is 0 Å². The Bertz CT molecular complexity index is 613. The van der Waals surface area contributed by atoms with Crippen LogP contribution in [-0.2, 0) is 11.2 Å². The number of hydrogen-bond donors (Lipinski definition) is 0. The maximum absolute atomic E-state index is 12.4. The second kappa shape index (κ2) is 5.59. The standard InChI is InChI=1S/C16H19N3O/c1-18-8-10-19(11-9-18)16(20)12-13-4-2-6-15-14(13)5-3-7-17-15/h2-7H,8-12H2,1H3. The molecule has 2 aromatic rings. The number of pyridine rings is 1. The van der Waals surface area contributed by atoms with Gasteiger partial charge in [-0.15, -0.1) is 0 Å². The van der Waals surface area contributed by atoms with Crippen LogP contribution in [0.2, 0.25) is 0 Å². The summed E-state index contributed by atoms with van der Waals surface area (Å²) in [5.41, 5.74) is 2.02. The molecule has 4 nitrogen and oxygen atoms in total. The fraction of sp³-hybridized carbons (Fsp3) is 0.375. The van der Waals surface area contributed by atoms with Gasteiger partial charge in [-0.25, -0.2) is 0 Å². The fourth-order valence-corrected chi connectivity index (χ4v) is 2.65. The van der Waals surface area contributed by atoms with Gasteiger partial charge in [0.05, 0.1) is 11.9 Å². The van der Waals surface area contributed by atoms with Crippen molar-refractivity contribution in [2.45, 2.75) is 6.42 Å². The van der Waals surface area contributed by atoms with Crippen molar-refractivity contribution >= 4 is 16.8 Å². The van der Waals surface area contributed by atoms with Crippen LogP contribution < -0.4 is 0 Å². The number of likely N-dealkylation sites (N-methyl/N-ethyl adjacent to an activating group) is 1. The molecule has 3 rings (SSSR count). The molecule has 0 aliphatic carbocycles. The summed E-state index contributed by atoms with van der Waals surface area (Å²) in [6.07, 6.45) is 2.25. The van der Waals surface area contributed by atoms with E-state index in [2.05, 4.69) is 16.9 Å². The minimum atomic E-state index is 0.217. The molecule has 104 valence electrons. The van der Waals surface area contributed by atoms with Crippen molar-refractivity contribution in [2.75, 3.05) is 33.2 Å². The third-order valence-electron chi connectivity index (χ3n) is 3.93. The Balaban J connectivity index is 1.77. The molecule has 2 heterocycles. The van der Waals surface area contributed by atoms with Gasteiger partial charge < -0.3 is 9.80 Å². The van der Waals surface area contributed by atoms with Gasteiger partial charge in [-0.3, -0.25) is 9.78 Å². The number of rotatable bonds is 2. The zero-order valence-electron chi connectivity index (χ0n) is 11.7. The minimum Gasteiger partial charge on any atom is -0.340 e. The SMILES string of the molecule is CN1CCN(C(=O)Cc2cccc3ncccc23)CC1. The van der Waals surface area contributed by atoms with Crippen molar-refractivity contribution in [3.05, 3.63) is 42.1 Å². The first kappa shape index (κ1) is 13.1. The van der Waals surface area contributed by atoms with Crippen molar-refractivity contribution in [2.24, 2.45) is 0 Å². The number of benzene rings is 1. The molecule has 1 aliphatic rings. The van der Waals surface area contributed by atoms with Crippen molar-refractivity contribution in [1.82, 2.24) is 14.8 Å². The Hall–Kier alpha value is -1.94. The number of carbonyl (C=O) groups excluding carboxylic acids is 1. The molecular weight excluding hydrogens is 250 g/mol. The van der Waals surface area contributed by atoms with E-state index in [1.165, 1.54) is 0 Å². The topological polar surface area (TPSA) is 36.4 Å². The van der Waals surface area contributed by atoms with Gasteiger partial charge in [0.15, 0.2) is 0 Å². The molecule has 0 bridgehead atoms. The Morgan fingerprint density at radius 3 is 2.75 bits per heavy atom. The van der Waals surface area contributed by atoms with Crippen molar-refractivity contribution in [3.63, 3.8) is 0 Å². The summed E-state index contributed by atoms with van der Waals surface area (Å²) in [7, 11) is 2.10. The van der Waals surface area contributed by atoms with Crippen LogP contribution in [0.15, 0.2) is 36.5 Å². The lowest BCUT2D eigenvalue weighted by molar-refractivity contribution is -0.132. The first-order valence-corrected chi connectivity index (χ1v) is 7.03. The minimum absolute atomic E-state index is 0.217. The first-order chi connectivity index (χ1) is 9.74. The predicted molar refractivity (Wildman–Crippen MR) is 79.5 cm³/mol. The summed E-state index contributed by atoms with van der Waals surface area (Å²) in [5.74, 6) is 0.217. The number of hydrogen-bond acceptors (Lipinski definition) is 3. The number of carbonyl (C=O) groups is 1. The van der Waals surface area contributed by atoms with Crippen LogP contribution in [0.1, 0.15) is 5.56 Å². The van der Waals surface area contributed by atoms with Gasteiger partial charge >= 0.3 is 0 Å². The lowest BCUT2D eigenvalue weighted by atomic mass is 10.0. The molecule has 1 aromatic heterocycles. The molecule has 0 spiro atoms. The van der Waals surface area contributed by atoms with E-state index in [4.69, 9.17) is 0 Å². The summed E-state index contributed by atoms with van der Waals surface area (Å²) in [6.45, 7) is 3.59. The van der Waals surface area contributed by atoms with Crippen LogP contribution in [0.3, 0.4) is 0 Å². The van der Waals surface area contributed by atoms with E-state index < -0.39 is 0 Å². The number of nitrogens with zero attached hydrogens (tertiary/aromatic N) is 3. The normalized spacial score (nSPS) is 16.6. The highest BCUT2D eigenvalue weighted by Crippen LogP contribution is 2.17. The summed E-state index contributed by atoms with van der Waals surface area (Å²) < 4.78 is 0. The number of aromatic nitrogens is 1. The van der Waals surface area contributed by atoms with Gasteiger partial charge in [0.1, 0.15) is 0 Å². The molecular formula is C16H19N3O. The van der Waals surface area contributed by atoms with E-state index in [0.29, 0.717) is 6.42 Å². The van der Waals surface area contributed by atoms with Crippen molar-refractivity contribution in [3.8, 4) is 0 Å². The zero-order chi connectivity index (χ0) is 13.9. The van der Waals surface area contributed by atoms with Gasteiger partial charge in [-0.05, 0) is 24.7 Å². The largest absolute Gasteiger partial charge is 0.340 e. The van der Waals surface area contributed by atoms with Crippen LogP contribution in [0.4, 0.5) is 0 Å². The summed E-state index contributed by atoms with van der Waals surface area (Å²) in [6, 6.07) is 9.94. The van der Waals surface area contributed by atoms with Crippen LogP contribution in [0.5, 0.6) is 0 Å². The van der Waals surface area contributed by atoms with E-state index in [0.717, 1.165) is 42.6 Å². The average Bonchev–Trinajstić information content (AvgIpc) is 2.48. The Morgan fingerprint density at radius 1 is 1.15 bits per heavy atom.